The number of anilines is 4. The van der Waals surface area contributed by atoms with Crippen molar-refractivity contribution in [2.24, 2.45) is 0 Å². The highest BCUT2D eigenvalue weighted by Crippen LogP contribution is 2.34. The molecule has 0 aliphatic carbocycles. The molecule has 38 heavy (non-hydrogen) atoms. The largest absolute Gasteiger partial charge is 0.397 e. The summed E-state index contributed by atoms with van der Waals surface area (Å²) in [6, 6.07) is 9.06. The average molecular weight is 536 g/mol. The lowest BCUT2D eigenvalue weighted by molar-refractivity contribution is 0.122. The Balaban J connectivity index is 1.36. The summed E-state index contributed by atoms with van der Waals surface area (Å²) in [6.45, 7) is 5.93. The Morgan fingerprint density at radius 1 is 0.974 bits per heavy atom. The number of benzene rings is 2. The zero-order valence-corrected chi connectivity index (χ0v) is 21.9. The van der Waals surface area contributed by atoms with Gasteiger partial charge >= 0.3 is 5.69 Å². The Morgan fingerprint density at radius 3 is 2.42 bits per heavy atom. The number of morpholine rings is 1. The van der Waals surface area contributed by atoms with Crippen molar-refractivity contribution >= 4 is 56.7 Å². The van der Waals surface area contributed by atoms with Crippen molar-refractivity contribution in [3.05, 3.63) is 51.9 Å². The van der Waals surface area contributed by atoms with Crippen molar-refractivity contribution in [2.45, 2.75) is 25.8 Å². The first kappa shape index (κ1) is 24.5. The summed E-state index contributed by atoms with van der Waals surface area (Å²) < 4.78 is 8.16. The number of nitrogens with two attached hydrogens (primary N) is 2. The molecule has 0 saturated carbocycles. The van der Waals surface area contributed by atoms with Crippen molar-refractivity contribution in [1.82, 2.24) is 18.6 Å². The summed E-state index contributed by atoms with van der Waals surface area (Å²) in [7, 11) is 0. The smallest absolute Gasteiger partial charge is 0.345 e. The zero-order valence-electron chi connectivity index (χ0n) is 21.2. The number of nitrogens with one attached hydrogen (secondary N) is 1. The maximum Gasteiger partial charge on any atom is 0.345 e. The second kappa shape index (κ2) is 9.48. The SMILES string of the molecule is Cc1ccc2c(c1)c(=N)n(C1CCN(c3nc(N4CCOCC4)nc4cc(N)c(N)cc34)CC1)c(=O)n2Cl. The van der Waals surface area contributed by atoms with Crippen LogP contribution in [-0.4, -0.2) is 58.0 Å². The summed E-state index contributed by atoms with van der Waals surface area (Å²) in [5, 5.41) is 10.3. The van der Waals surface area contributed by atoms with Crippen LogP contribution < -0.4 is 32.4 Å². The summed E-state index contributed by atoms with van der Waals surface area (Å²) in [4.78, 5) is 27.3. The van der Waals surface area contributed by atoms with Crippen LogP contribution in [-0.2, 0) is 4.74 Å². The Hall–Kier alpha value is -3.83. The van der Waals surface area contributed by atoms with Gasteiger partial charge in [-0.1, -0.05) is 11.6 Å². The van der Waals surface area contributed by atoms with E-state index in [-0.39, 0.29) is 11.5 Å². The third-order valence-electron chi connectivity index (χ3n) is 7.53. The van der Waals surface area contributed by atoms with E-state index in [2.05, 4.69) is 9.80 Å². The topological polar surface area (TPSA) is 144 Å². The lowest BCUT2D eigenvalue weighted by Crippen LogP contribution is -2.45. The molecule has 2 aliphatic rings. The third kappa shape index (κ3) is 4.11. The molecule has 4 aromatic rings. The minimum absolute atomic E-state index is 0.159. The van der Waals surface area contributed by atoms with Crippen LogP contribution in [0, 0.1) is 12.3 Å². The molecule has 12 heteroatoms. The first-order chi connectivity index (χ1) is 18.3. The van der Waals surface area contributed by atoms with Gasteiger partial charge in [0, 0.05) is 54.8 Å². The maximum absolute atomic E-state index is 13.2. The van der Waals surface area contributed by atoms with E-state index in [9.17, 15) is 4.79 Å². The second-order valence-electron chi connectivity index (χ2n) is 9.97. The van der Waals surface area contributed by atoms with Crippen LogP contribution in [0.15, 0.2) is 35.1 Å². The number of hydrogen-bond donors (Lipinski definition) is 3. The summed E-state index contributed by atoms with van der Waals surface area (Å²) in [5.41, 5.74) is 15.3. The van der Waals surface area contributed by atoms with Crippen LogP contribution in [0.1, 0.15) is 24.4 Å². The van der Waals surface area contributed by atoms with Gasteiger partial charge in [-0.3, -0.25) is 9.98 Å². The zero-order chi connectivity index (χ0) is 26.6. The van der Waals surface area contributed by atoms with Crippen molar-refractivity contribution in [3.63, 3.8) is 0 Å². The van der Waals surface area contributed by atoms with E-state index in [0.29, 0.717) is 80.5 Å². The van der Waals surface area contributed by atoms with Gasteiger partial charge in [0.25, 0.3) is 0 Å². The molecule has 5 N–H and O–H groups in total. The van der Waals surface area contributed by atoms with Crippen LogP contribution in [0.3, 0.4) is 0 Å². The Kier molecular flexibility index (Phi) is 6.11. The van der Waals surface area contributed by atoms with E-state index in [1.54, 1.807) is 12.1 Å². The molecule has 2 fully saturated rings. The Labute approximate surface area is 223 Å². The molecule has 0 radical (unpaired) electrons. The van der Waals surface area contributed by atoms with E-state index >= 15 is 0 Å². The molecule has 2 saturated heterocycles. The fraction of sp³-hybridized carbons (Fsp3) is 0.385. The quantitative estimate of drug-likeness (QED) is 0.339. The third-order valence-corrected chi connectivity index (χ3v) is 7.85. The minimum atomic E-state index is -0.392. The van der Waals surface area contributed by atoms with Gasteiger partial charge in [0.2, 0.25) is 5.95 Å². The number of hydrogen-bond acceptors (Lipinski definition) is 9. The number of rotatable bonds is 3. The number of nitrogens with zero attached hydrogens (tertiary/aromatic N) is 6. The number of halogens is 1. The van der Waals surface area contributed by atoms with Gasteiger partial charge in [0.05, 0.1) is 35.6 Å². The normalized spacial score (nSPS) is 17.0. The lowest BCUT2D eigenvalue weighted by Gasteiger charge is -2.35. The monoisotopic (exact) mass is 535 g/mol. The van der Waals surface area contributed by atoms with Gasteiger partial charge in [-0.15, -0.1) is 0 Å². The summed E-state index contributed by atoms with van der Waals surface area (Å²) in [6.07, 6.45) is 1.31. The van der Waals surface area contributed by atoms with Crippen molar-refractivity contribution < 1.29 is 4.74 Å². The van der Waals surface area contributed by atoms with Gasteiger partial charge in [-0.2, -0.15) is 4.98 Å². The van der Waals surface area contributed by atoms with Gasteiger partial charge < -0.3 is 26.0 Å². The molecule has 0 spiro atoms. The van der Waals surface area contributed by atoms with Crippen LogP contribution in [0.5, 0.6) is 0 Å². The highest BCUT2D eigenvalue weighted by atomic mass is 35.5. The van der Waals surface area contributed by atoms with Crippen molar-refractivity contribution in [2.75, 3.05) is 60.7 Å². The standard InChI is InChI=1S/C26H30ClN9O2/c1-15-2-3-22-18(12-15)23(30)35(26(37)36(22)27)16-4-6-33(7-5-16)24-17-13-19(28)20(29)14-21(17)31-25(32-24)34-8-10-38-11-9-34/h2-3,12-14,16,30H,4-11,28-29H2,1H3. The van der Waals surface area contributed by atoms with E-state index in [4.69, 9.17) is 43.4 Å². The molecular formula is C26H30ClN9O2. The second-order valence-corrected chi connectivity index (χ2v) is 10.3. The van der Waals surface area contributed by atoms with Crippen LogP contribution in [0.25, 0.3) is 21.8 Å². The van der Waals surface area contributed by atoms with Gasteiger partial charge in [-0.05, 0) is 44.0 Å². The molecule has 4 heterocycles. The fourth-order valence-corrected chi connectivity index (χ4v) is 5.66. The Morgan fingerprint density at radius 2 is 1.68 bits per heavy atom. The first-order valence-corrected chi connectivity index (χ1v) is 13.1. The van der Waals surface area contributed by atoms with Crippen LogP contribution in [0.4, 0.5) is 23.1 Å². The number of aromatic nitrogens is 4. The predicted octanol–water partition coefficient (Wildman–Crippen LogP) is 2.38. The van der Waals surface area contributed by atoms with Crippen molar-refractivity contribution in [3.8, 4) is 0 Å². The molecular weight excluding hydrogens is 506 g/mol. The molecule has 11 nitrogen and oxygen atoms in total. The summed E-state index contributed by atoms with van der Waals surface area (Å²) in [5.74, 6) is 1.43. The van der Waals surface area contributed by atoms with Crippen LogP contribution >= 0.6 is 11.8 Å². The van der Waals surface area contributed by atoms with Crippen molar-refractivity contribution in [1.29, 1.82) is 5.41 Å². The number of nitrogen functional groups attached to an aromatic ring is 2. The number of ether oxygens (including phenoxy) is 1. The van der Waals surface area contributed by atoms with E-state index in [0.717, 1.165) is 26.4 Å². The highest BCUT2D eigenvalue weighted by Gasteiger charge is 2.27. The van der Waals surface area contributed by atoms with Gasteiger partial charge in [0.15, 0.2) is 0 Å². The van der Waals surface area contributed by atoms with Gasteiger partial charge in [-0.25, -0.2) is 13.9 Å². The molecule has 0 atom stereocenters. The minimum Gasteiger partial charge on any atom is -0.397 e. The number of aryl methyl sites for hydroxylation is 1. The number of fused-ring (bicyclic) bond motifs is 2. The van der Waals surface area contributed by atoms with Crippen LogP contribution in [0.2, 0.25) is 0 Å². The molecule has 6 rings (SSSR count). The molecule has 2 aliphatic heterocycles. The predicted molar refractivity (Wildman–Crippen MR) is 150 cm³/mol. The number of piperidine rings is 1. The van der Waals surface area contributed by atoms with E-state index < -0.39 is 5.69 Å². The molecule has 198 valence electrons. The maximum atomic E-state index is 13.2. The average Bonchev–Trinajstić information content (AvgIpc) is 2.93. The Bertz CT molecular complexity index is 1670. The van der Waals surface area contributed by atoms with E-state index in [1.807, 2.05) is 25.1 Å². The highest BCUT2D eigenvalue weighted by molar-refractivity contribution is 6.18. The summed E-state index contributed by atoms with van der Waals surface area (Å²) >= 11 is 6.42. The fourth-order valence-electron chi connectivity index (χ4n) is 5.43. The molecule has 2 aromatic heterocycles. The molecule has 2 aromatic carbocycles. The molecule has 0 amide bonds. The van der Waals surface area contributed by atoms with Gasteiger partial charge in [0.1, 0.15) is 11.3 Å². The van der Waals surface area contributed by atoms with E-state index in [1.165, 1.54) is 4.57 Å². The lowest BCUT2D eigenvalue weighted by atomic mass is 10.0. The molecule has 0 unspecified atom stereocenters. The molecule has 0 bridgehead atoms. The first-order valence-electron chi connectivity index (χ1n) is 12.7.